The Hall–Kier alpha value is -2.30. The molecule has 22 heavy (non-hydrogen) atoms. The molecule has 1 aliphatic rings. The molecule has 1 fully saturated rings. The Bertz CT molecular complexity index is 636. The van der Waals surface area contributed by atoms with Crippen molar-refractivity contribution in [2.75, 3.05) is 6.61 Å². The summed E-state index contributed by atoms with van der Waals surface area (Å²) >= 11 is 0. The van der Waals surface area contributed by atoms with Crippen LogP contribution in [0.15, 0.2) is 42.7 Å². The Morgan fingerprint density at radius 1 is 1.27 bits per heavy atom. The lowest BCUT2D eigenvalue weighted by atomic mass is 10.0. The summed E-state index contributed by atoms with van der Waals surface area (Å²) in [4.78, 5) is 18.2. The van der Waals surface area contributed by atoms with E-state index in [4.69, 9.17) is 4.74 Å². The first kappa shape index (κ1) is 14.6. The van der Waals surface area contributed by atoms with Crippen molar-refractivity contribution in [1.82, 2.24) is 14.5 Å². The number of cyclic esters (lactones) is 1. The van der Waals surface area contributed by atoms with Crippen LogP contribution in [0.4, 0.5) is 4.79 Å². The van der Waals surface area contributed by atoms with Crippen molar-refractivity contribution in [3.63, 3.8) is 0 Å². The average molecular weight is 299 g/mol. The SMILES string of the molecule is CC(C)[C@H]1COC(=O)N1Cc1nccn1Cc1ccccc1. The molecule has 1 aromatic carbocycles. The Morgan fingerprint density at radius 3 is 2.77 bits per heavy atom. The van der Waals surface area contributed by atoms with Crippen LogP contribution in [-0.4, -0.2) is 33.2 Å². The molecule has 5 nitrogen and oxygen atoms in total. The fourth-order valence-electron chi connectivity index (χ4n) is 2.77. The molecule has 0 spiro atoms. The number of benzene rings is 1. The minimum absolute atomic E-state index is 0.120. The molecule has 1 aromatic heterocycles. The van der Waals surface area contributed by atoms with Gasteiger partial charge in [0, 0.05) is 18.9 Å². The van der Waals surface area contributed by atoms with Crippen molar-refractivity contribution in [3.8, 4) is 0 Å². The molecule has 0 aliphatic carbocycles. The first-order chi connectivity index (χ1) is 10.6. The lowest BCUT2D eigenvalue weighted by molar-refractivity contribution is 0.153. The van der Waals surface area contributed by atoms with Gasteiger partial charge < -0.3 is 9.30 Å². The lowest BCUT2D eigenvalue weighted by Gasteiger charge is -2.24. The van der Waals surface area contributed by atoms with Crippen molar-refractivity contribution in [1.29, 1.82) is 0 Å². The van der Waals surface area contributed by atoms with Gasteiger partial charge in [0.2, 0.25) is 0 Å². The van der Waals surface area contributed by atoms with E-state index in [1.807, 2.05) is 24.4 Å². The molecule has 2 heterocycles. The van der Waals surface area contributed by atoms with Gasteiger partial charge in [0.05, 0.1) is 12.6 Å². The van der Waals surface area contributed by atoms with Crippen LogP contribution in [0.3, 0.4) is 0 Å². The standard InChI is InChI=1S/C17H21N3O2/c1-13(2)15-12-22-17(21)20(15)11-16-18-8-9-19(16)10-14-6-4-3-5-7-14/h3-9,13,15H,10-12H2,1-2H3/t15-/m1/s1. The number of aromatic nitrogens is 2. The third-order valence-corrected chi connectivity index (χ3v) is 4.09. The van der Waals surface area contributed by atoms with Crippen LogP contribution in [0.2, 0.25) is 0 Å². The van der Waals surface area contributed by atoms with E-state index in [0.29, 0.717) is 19.1 Å². The molecule has 0 bridgehead atoms. The van der Waals surface area contributed by atoms with Crippen LogP contribution in [-0.2, 0) is 17.8 Å². The normalized spacial score (nSPS) is 18.0. The van der Waals surface area contributed by atoms with Gasteiger partial charge in [-0.2, -0.15) is 0 Å². The highest BCUT2D eigenvalue weighted by molar-refractivity contribution is 5.70. The minimum Gasteiger partial charge on any atom is -0.447 e. The van der Waals surface area contributed by atoms with Gasteiger partial charge in [-0.1, -0.05) is 44.2 Å². The number of carbonyl (C=O) groups excluding carboxylic acids is 1. The molecular weight excluding hydrogens is 278 g/mol. The van der Waals surface area contributed by atoms with Crippen LogP contribution in [0, 0.1) is 5.92 Å². The number of hydrogen-bond donors (Lipinski definition) is 0. The summed E-state index contributed by atoms with van der Waals surface area (Å²) in [5.41, 5.74) is 1.21. The second-order valence-corrected chi connectivity index (χ2v) is 5.97. The molecule has 2 aromatic rings. The van der Waals surface area contributed by atoms with E-state index in [1.54, 1.807) is 11.1 Å². The summed E-state index contributed by atoms with van der Waals surface area (Å²) in [6.07, 6.45) is 3.49. The Labute approximate surface area is 130 Å². The maximum Gasteiger partial charge on any atom is 0.410 e. The first-order valence-corrected chi connectivity index (χ1v) is 7.62. The second kappa shape index (κ2) is 6.22. The Morgan fingerprint density at radius 2 is 2.05 bits per heavy atom. The van der Waals surface area contributed by atoms with Crippen molar-refractivity contribution >= 4 is 6.09 Å². The topological polar surface area (TPSA) is 47.4 Å². The van der Waals surface area contributed by atoms with E-state index in [2.05, 4.69) is 35.5 Å². The third-order valence-electron chi connectivity index (χ3n) is 4.09. The maximum atomic E-state index is 12.0. The van der Waals surface area contributed by atoms with Gasteiger partial charge in [-0.05, 0) is 11.5 Å². The molecular formula is C17H21N3O2. The van der Waals surface area contributed by atoms with Crippen LogP contribution in [0.1, 0.15) is 25.2 Å². The molecule has 5 heteroatoms. The van der Waals surface area contributed by atoms with Crippen LogP contribution in [0.5, 0.6) is 0 Å². The molecule has 1 saturated heterocycles. The number of hydrogen-bond acceptors (Lipinski definition) is 3. The van der Waals surface area contributed by atoms with E-state index in [1.165, 1.54) is 5.56 Å². The number of imidazole rings is 1. The quantitative estimate of drug-likeness (QED) is 0.853. The molecule has 0 saturated carbocycles. The molecule has 0 N–H and O–H groups in total. The smallest absolute Gasteiger partial charge is 0.410 e. The molecule has 1 aliphatic heterocycles. The number of rotatable bonds is 5. The van der Waals surface area contributed by atoms with Crippen molar-refractivity contribution < 1.29 is 9.53 Å². The number of nitrogens with zero attached hydrogens (tertiary/aromatic N) is 3. The van der Waals surface area contributed by atoms with Crippen LogP contribution in [0.25, 0.3) is 0 Å². The van der Waals surface area contributed by atoms with E-state index in [-0.39, 0.29) is 12.1 Å². The van der Waals surface area contributed by atoms with Crippen molar-refractivity contribution in [2.45, 2.75) is 33.0 Å². The summed E-state index contributed by atoms with van der Waals surface area (Å²) in [6, 6.07) is 10.4. The summed E-state index contributed by atoms with van der Waals surface area (Å²) in [5.74, 6) is 1.25. The molecule has 3 rings (SSSR count). The number of ether oxygens (including phenoxy) is 1. The minimum atomic E-state index is -0.243. The third kappa shape index (κ3) is 2.98. The van der Waals surface area contributed by atoms with E-state index in [9.17, 15) is 4.79 Å². The van der Waals surface area contributed by atoms with Crippen molar-refractivity contribution in [2.24, 2.45) is 5.92 Å². The highest BCUT2D eigenvalue weighted by Crippen LogP contribution is 2.21. The predicted molar refractivity (Wildman–Crippen MR) is 83.3 cm³/mol. The Kier molecular flexibility index (Phi) is 4.13. The largest absolute Gasteiger partial charge is 0.447 e. The van der Waals surface area contributed by atoms with E-state index in [0.717, 1.165) is 12.4 Å². The highest BCUT2D eigenvalue weighted by Gasteiger charge is 2.35. The zero-order valence-electron chi connectivity index (χ0n) is 13.0. The predicted octanol–water partition coefficient (Wildman–Crippen LogP) is 2.91. The zero-order chi connectivity index (χ0) is 15.5. The highest BCUT2D eigenvalue weighted by atomic mass is 16.6. The molecule has 0 unspecified atom stereocenters. The summed E-state index contributed by atoms with van der Waals surface area (Å²) in [7, 11) is 0. The monoisotopic (exact) mass is 299 g/mol. The molecule has 1 amide bonds. The first-order valence-electron chi connectivity index (χ1n) is 7.62. The average Bonchev–Trinajstić information content (AvgIpc) is 3.09. The van der Waals surface area contributed by atoms with Gasteiger partial charge in [-0.3, -0.25) is 4.90 Å². The number of carbonyl (C=O) groups is 1. The Balaban J connectivity index is 1.76. The summed E-state index contributed by atoms with van der Waals surface area (Å²) in [6.45, 7) is 5.93. The van der Waals surface area contributed by atoms with Gasteiger partial charge in [-0.25, -0.2) is 9.78 Å². The lowest BCUT2D eigenvalue weighted by Crippen LogP contribution is -2.37. The van der Waals surface area contributed by atoms with Gasteiger partial charge >= 0.3 is 6.09 Å². The van der Waals surface area contributed by atoms with E-state index < -0.39 is 0 Å². The second-order valence-electron chi connectivity index (χ2n) is 5.97. The van der Waals surface area contributed by atoms with Crippen molar-refractivity contribution in [3.05, 3.63) is 54.1 Å². The van der Waals surface area contributed by atoms with Crippen LogP contribution < -0.4 is 0 Å². The molecule has 0 radical (unpaired) electrons. The summed E-state index contributed by atoms with van der Waals surface area (Å²) < 4.78 is 7.28. The van der Waals surface area contributed by atoms with E-state index >= 15 is 0 Å². The number of amides is 1. The zero-order valence-corrected chi connectivity index (χ0v) is 13.0. The maximum absolute atomic E-state index is 12.0. The fourth-order valence-corrected chi connectivity index (χ4v) is 2.77. The fraction of sp³-hybridized carbons (Fsp3) is 0.412. The summed E-state index contributed by atoms with van der Waals surface area (Å²) in [5, 5.41) is 0. The van der Waals surface area contributed by atoms with Crippen LogP contribution >= 0.6 is 0 Å². The van der Waals surface area contributed by atoms with Gasteiger partial charge in [0.15, 0.2) is 0 Å². The van der Waals surface area contributed by atoms with Gasteiger partial charge in [0.1, 0.15) is 12.4 Å². The van der Waals surface area contributed by atoms with Gasteiger partial charge in [0.25, 0.3) is 0 Å². The molecule has 116 valence electrons. The van der Waals surface area contributed by atoms with Gasteiger partial charge in [-0.15, -0.1) is 0 Å². The molecule has 1 atom stereocenters.